The van der Waals surface area contributed by atoms with Crippen LogP contribution in [0.4, 0.5) is 13.2 Å². The summed E-state index contributed by atoms with van der Waals surface area (Å²) in [4.78, 5) is 23.6. The standard InChI is InChI=1S/C10H9F3N4O3/c1-5-7(15-20-14-5)4-17-8(18)6(10(11,12)13)3-16(2)9(17)19/h3H,4H2,1-2H3. The molecule has 0 amide bonds. The van der Waals surface area contributed by atoms with Crippen LogP contribution < -0.4 is 11.2 Å². The Morgan fingerprint density at radius 3 is 2.45 bits per heavy atom. The quantitative estimate of drug-likeness (QED) is 0.794. The summed E-state index contributed by atoms with van der Waals surface area (Å²) in [6, 6.07) is 0. The van der Waals surface area contributed by atoms with E-state index in [1.54, 1.807) is 0 Å². The highest BCUT2D eigenvalue weighted by atomic mass is 19.4. The van der Waals surface area contributed by atoms with Gasteiger partial charge in [0.05, 0.1) is 6.54 Å². The molecule has 0 unspecified atom stereocenters. The van der Waals surface area contributed by atoms with Crippen molar-refractivity contribution in [3.63, 3.8) is 0 Å². The first-order valence-electron chi connectivity index (χ1n) is 5.37. The van der Waals surface area contributed by atoms with Crippen LogP contribution in [0.1, 0.15) is 17.0 Å². The van der Waals surface area contributed by atoms with Gasteiger partial charge in [0, 0.05) is 13.2 Å². The van der Waals surface area contributed by atoms with Crippen LogP contribution in [-0.2, 0) is 19.8 Å². The fraction of sp³-hybridized carbons (Fsp3) is 0.400. The molecule has 2 aromatic rings. The highest BCUT2D eigenvalue weighted by Gasteiger charge is 2.36. The van der Waals surface area contributed by atoms with Crippen molar-refractivity contribution >= 4 is 0 Å². The molecule has 2 aromatic heterocycles. The second-order valence-electron chi connectivity index (χ2n) is 4.12. The summed E-state index contributed by atoms with van der Waals surface area (Å²) in [5, 5.41) is 6.87. The van der Waals surface area contributed by atoms with Gasteiger partial charge in [0.2, 0.25) is 0 Å². The molecule has 2 heterocycles. The van der Waals surface area contributed by atoms with Gasteiger partial charge >= 0.3 is 11.9 Å². The third kappa shape index (κ3) is 2.36. The molecular weight excluding hydrogens is 281 g/mol. The van der Waals surface area contributed by atoms with E-state index in [2.05, 4.69) is 14.9 Å². The summed E-state index contributed by atoms with van der Waals surface area (Å²) >= 11 is 0. The van der Waals surface area contributed by atoms with Gasteiger partial charge in [-0.1, -0.05) is 10.3 Å². The molecule has 0 aromatic carbocycles. The molecule has 2 rings (SSSR count). The van der Waals surface area contributed by atoms with Gasteiger partial charge in [0.25, 0.3) is 5.56 Å². The summed E-state index contributed by atoms with van der Waals surface area (Å²) in [5.74, 6) is 0. The number of nitrogens with zero attached hydrogens (tertiary/aromatic N) is 4. The molecule has 0 bridgehead atoms. The maximum atomic E-state index is 12.7. The van der Waals surface area contributed by atoms with Crippen molar-refractivity contribution in [2.75, 3.05) is 0 Å². The monoisotopic (exact) mass is 290 g/mol. The van der Waals surface area contributed by atoms with Crippen molar-refractivity contribution in [3.8, 4) is 0 Å². The zero-order valence-corrected chi connectivity index (χ0v) is 10.4. The average Bonchev–Trinajstić information content (AvgIpc) is 2.73. The molecule has 0 aliphatic heterocycles. The van der Waals surface area contributed by atoms with E-state index < -0.39 is 29.5 Å². The molecule has 0 saturated heterocycles. The first-order chi connectivity index (χ1) is 9.21. The van der Waals surface area contributed by atoms with Gasteiger partial charge in [-0.25, -0.2) is 9.42 Å². The van der Waals surface area contributed by atoms with Gasteiger partial charge in [-0.15, -0.1) is 0 Å². The molecule has 10 heteroatoms. The van der Waals surface area contributed by atoms with E-state index in [1.807, 2.05) is 0 Å². The van der Waals surface area contributed by atoms with Crippen LogP contribution in [0.15, 0.2) is 20.4 Å². The molecule has 0 fully saturated rings. The van der Waals surface area contributed by atoms with Crippen LogP contribution >= 0.6 is 0 Å². The molecule has 0 radical (unpaired) electrons. The molecule has 7 nitrogen and oxygen atoms in total. The first kappa shape index (κ1) is 14.0. The van der Waals surface area contributed by atoms with Gasteiger partial charge in [-0.2, -0.15) is 13.2 Å². The second-order valence-corrected chi connectivity index (χ2v) is 4.12. The van der Waals surface area contributed by atoms with E-state index in [0.29, 0.717) is 15.3 Å². The number of rotatable bonds is 2. The average molecular weight is 290 g/mol. The SMILES string of the molecule is Cc1nonc1Cn1c(=O)c(C(F)(F)F)cn(C)c1=O. The van der Waals surface area contributed by atoms with E-state index in [-0.39, 0.29) is 11.4 Å². The number of alkyl halides is 3. The number of hydrogen-bond acceptors (Lipinski definition) is 5. The van der Waals surface area contributed by atoms with E-state index in [9.17, 15) is 22.8 Å². The van der Waals surface area contributed by atoms with E-state index in [4.69, 9.17) is 0 Å². The number of hydrogen-bond donors (Lipinski definition) is 0. The predicted molar refractivity (Wildman–Crippen MR) is 59.1 cm³/mol. The molecule has 20 heavy (non-hydrogen) atoms. The van der Waals surface area contributed by atoms with Gasteiger partial charge in [-0.3, -0.25) is 9.36 Å². The van der Waals surface area contributed by atoms with Crippen LogP contribution in [-0.4, -0.2) is 19.4 Å². The minimum atomic E-state index is -4.85. The predicted octanol–water partition coefficient (Wildman–Crippen LogP) is 0.306. The third-order valence-corrected chi connectivity index (χ3v) is 2.69. The Hall–Kier alpha value is -2.39. The lowest BCUT2D eigenvalue weighted by molar-refractivity contribution is -0.139. The minimum absolute atomic E-state index is 0.114. The molecule has 0 saturated carbocycles. The van der Waals surface area contributed by atoms with Crippen molar-refractivity contribution < 1.29 is 17.8 Å². The lowest BCUT2D eigenvalue weighted by atomic mass is 10.3. The minimum Gasteiger partial charge on any atom is -0.303 e. The van der Waals surface area contributed by atoms with E-state index in [0.717, 1.165) is 7.05 Å². The maximum Gasteiger partial charge on any atom is 0.423 e. The smallest absolute Gasteiger partial charge is 0.303 e. The lowest BCUT2D eigenvalue weighted by Crippen LogP contribution is -2.42. The largest absolute Gasteiger partial charge is 0.423 e. The molecule has 0 aliphatic carbocycles. The second kappa shape index (κ2) is 4.62. The normalized spacial score (nSPS) is 11.8. The Bertz CT molecular complexity index is 756. The zero-order chi connectivity index (χ0) is 15.1. The summed E-state index contributed by atoms with van der Waals surface area (Å²) in [6.45, 7) is 1.06. The Morgan fingerprint density at radius 2 is 1.95 bits per heavy atom. The van der Waals surface area contributed by atoms with Crippen LogP contribution in [0.5, 0.6) is 0 Å². The van der Waals surface area contributed by atoms with E-state index >= 15 is 0 Å². The highest BCUT2D eigenvalue weighted by Crippen LogP contribution is 2.25. The molecule has 0 spiro atoms. The summed E-state index contributed by atoms with van der Waals surface area (Å²) < 4.78 is 43.7. The van der Waals surface area contributed by atoms with Gasteiger partial charge in [0.15, 0.2) is 0 Å². The highest BCUT2D eigenvalue weighted by molar-refractivity contribution is 5.12. The Morgan fingerprint density at radius 1 is 1.30 bits per heavy atom. The van der Waals surface area contributed by atoms with Crippen LogP contribution in [0.2, 0.25) is 0 Å². The number of halogens is 3. The first-order valence-corrected chi connectivity index (χ1v) is 5.37. The molecule has 0 atom stereocenters. The van der Waals surface area contributed by atoms with Crippen LogP contribution in [0, 0.1) is 6.92 Å². The Kier molecular flexibility index (Phi) is 3.24. The molecular formula is C10H9F3N4O3. The summed E-state index contributed by atoms with van der Waals surface area (Å²) in [6.07, 6.45) is -4.38. The lowest BCUT2D eigenvalue weighted by Gasteiger charge is -2.11. The molecule has 108 valence electrons. The fourth-order valence-corrected chi connectivity index (χ4v) is 1.60. The van der Waals surface area contributed by atoms with Crippen molar-refractivity contribution in [3.05, 3.63) is 44.0 Å². The molecule has 0 N–H and O–H groups in total. The molecule has 0 aliphatic rings. The van der Waals surface area contributed by atoms with Gasteiger partial charge < -0.3 is 4.57 Å². The fourth-order valence-electron chi connectivity index (χ4n) is 1.60. The van der Waals surface area contributed by atoms with Gasteiger partial charge in [-0.05, 0) is 6.92 Å². The Balaban J connectivity index is 2.64. The van der Waals surface area contributed by atoms with Gasteiger partial charge in [0.1, 0.15) is 17.0 Å². The van der Waals surface area contributed by atoms with Crippen LogP contribution in [0.3, 0.4) is 0 Å². The van der Waals surface area contributed by atoms with Crippen molar-refractivity contribution in [1.29, 1.82) is 0 Å². The topological polar surface area (TPSA) is 82.9 Å². The Labute approximate surface area is 109 Å². The number of aromatic nitrogens is 4. The van der Waals surface area contributed by atoms with E-state index in [1.165, 1.54) is 6.92 Å². The zero-order valence-electron chi connectivity index (χ0n) is 10.4. The summed E-state index contributed by atoms with van der Waals surface area (Å²) in [5.41, 5.74) is -3.33. The van der Waals surface area contributed by atoms with Crippen molar-refractivity contribution in [2.24, 2.45) is 7.05 Å². The van der Waals surface area contributed by atoms with Crippen LogP contribution in [0.25, 0.3) is 0 Å². The maximum absolute atomic E-state index is 12.7. The van der Waals surface area contributed by atoms with Crippen molar-refractivity contribution in [2.45, 2.75) is 19.6 Å². The van der Waals surface area contributed by atoms with Crippen molar-refractivity contribution in [1.82, 2.24) is 19.4 Å². The summed E-state index contributed by atoms with van der Waals surface area (Å²) in [7, 11) is 1.13. The number of aryl methyl sites for hydroxylation is 2. The third-order valence-electron chi connectivity index (χ3n) is 2.69.